The van der Waals surface area contributed by atoms with Gasteiger partial charge in [0.25, 0.3) is 0 Å². The van der Waals surface area contributed by atoms with Gasteiger partial charge in [0.2, 0.25) is 0 Å². The third-order valence-corrected chi connectivity index (χ3v) is 1.73. The van der Waals surface area contributed by atoms with Gasteiger partial charge in [0.1, 0.15) is 5.58 Å². The maximum Gasteiger partial charge on any atom is 0.134 e. The Kier molecular flexibility index (Phi) is 1.40. The lowest BCUT2D eigenvalue weighted by molar-refractivity contribution is 0.282. The van der Waals surface area contributed by atoms with Crippen LogP contribution in [0.4, 0.5) is 0 Å². The number of aliphatic hydroxyl groups excluding tert-OH is 1. The highest BCUT2D eigenvalue weighted by Gasteiger charge is 2.01. The van der Waals surface area contributed by atoms with Gasteiger partial charge in [-0.25, -0.2) is 0 Å². The Morgan fingerprint density at radius 3 is 2.91 bits per heavy atom. The van der Waals surface area contributed by atoms with Gasteiger partial charge in [-0.1, -0.05) is 18.2 Å². The summed E-state index contributed by atoms with van der Waals surface area (Å²) in [7, 11) is 0. The molecule has 0 saturated heterocycles. The van der Waals surface area contributed by atoms with Crippen LogP contribution in [-0.2, 0) is 6.61 Å². The van der Waals surface area contributed by atoms with Crippen LogP contribution in [-0.4, -0.2) is 5.11 Å². The second kappa shape index (κ2) is 2.40. The van der Waals surface area contributed by atoms with Crippen molar-refractivity contribution in [1.82, 2.24) is 0 Å². The first-order valence-corrected chi connectivity index (χ1v) is 3.48. The third kappa shape index (κ3) is 0.917. The Morgan fingerprint density at radius 2 is 2.09 bits per heavy atom. The van der Waals surface area contributed by atoms with Crippen LogP contribution in [0.1, 0.15) is 5.56 Å². The predicted octanol–water partition coefficient (Wildman–Crippen LogP) is 1.93. The van der Waals surface area contributed by atoms with Crippen LogP contribution >= 0.6 is 0 Å². The van der Waals surface area contributed by atoms with E-state index in [1.165, 1.54) is 0 Å². The molecular weight excluding hydrogens is 140 g/mol. The molecule has 2 aromatic rings. The predicted molar refractivity (Wildman–Crippen MR) is 42.1 cm³/mol. The monoisotopic (exact) mass is 148 g/mol. The molecule has 1 aromatic heterocycles. The van der Waals surface area contributed by atoms with Crippen molar-refractivity contribution >= 4 is 11.0 Å². The van der Waals surface area contributed by atoms with Crippen LogP contribution in [0.15, 0.2) is 34.9 Å². The van der Waals surface area contributed by atoms with Crippen LogP contribution < -0.4 is 0 Å². The Labute approximate surface area is 64.1 Å². The minimum absolute atomic E-state index is 0.0387. The molecule has 0 unspecified atom stereocenters. The molecule has 1 N–H and O–H groups in total. The fraction of sp³-hybridized carbons (Fsp3) is 0.111. The average molecular weight is 148 g/mol. The quantitative estimate of drug-likeness (QED) is 0.670. The summed E-state index contributed by atoms with van der Waals surface area (Å²) in [5.41, 5.74) is 1.68. The normalized spacial score (nSPS) is 10.6. The van der Waals surface area contributed by atoms with Crippen molar-refractivity contribution in [3.05, 3.63) is 36.1 Å². The summed E-state index contributed by atoms with van der Waals surface area (Å²) >= 11 is 0. The van der Waals surface area contributed by atoms with Crippen LogP contribution in [0.5, 0.6) is 0 Å². The summed E-state index contributed by atoms with van der Waals surface area (Å²) in [5.74, 6) is 0. The average Bonchev–Trinajstić information content (AvgIpc) is 2.47. The maximum absolute atomic E-state index is 8.86. The number of rotatable bonds is 1. The lowest BCUT2D eigenvalue weighted by Gasteiger charge is -1.88. The molecule has 11 heavy (non-hydrogen) atoms. The van der Waals surface area contributed by atoms with E-state index < -0.39 is 0 Å². The molecule has 0 bridgehead atoms. The molecule has 0 amide bonds. The molecule has 0 aliphatic carbocycles. The van der Waals surface area contributed by atoms with Crippen molar-refractivity contribution in [1.29, 1.82) is 0 Å². The topological polar surface area (TPSA) is 33.4 Å². The van der Waals surface area contributed by atoms with Crippen LogP contribution in [0.25, 0.3) is 11.0 Å². The fourth-order valence-corrected chi connectivity index (χ4v) is 1.16. The van der Waals surface area contributed by atoms with Gasteiger partial charge in [-0.2, -0.15) is 0 Å². The van der Waals surface area contributed by atoms with Gasteiger partial charge >= 0.3 is 0 Å². The summed E-state index contributed by atoms with van der Waals surface area (Å²) in [5, 5.41) is 9.86. The van der Waals surface area contributed by atoms with E-state index in [1.807, 2.05) is 24.3 Å². The van der Waals surface area contributed by atoms with Gasteiger partial charge in [-0.05, 0) is 6.07 Å². The Hall–Kier alpha value is -1.28. The van der Waals surface area contributed by atoms with Crippen molar-refractivity contribution in [2.45, 2.75) is 6.61 Å². The lowest BCUT2D eigenvalue weighted by Crippen LogP contribution is -1.76. The molecule has 2 rings (SSSR count). The molecule has 1 heterocycles. The molecule has 0 fully saturated rings. The van der Waals surface area contributed by atoms with Crippen LogP contribution in [0.3, 0.4) is 0 Å². The first-order chi connectivity index (χ1) is 5.42. The van der Waals surface area contributed by atoms with Crippen LogP contribution in [0.2, 0.25) is 0 Å². The summed E-state index contributed by atoms with van der Waals surface area (Å²) in [6.07, 6.45) is 1.59. The molecule has 0 aliphatic heterocycles. The Balaban J connectivity index is 2.76. The second-order valence-corrected chi connectivity index (χ2v) is 2.42. The molecule has 2 heteroatoms. The van der Waals surface area contributed by atoms with E-state index in [-0.39, 0.29) is 6.61 Å². The first kappa shape index (κ1) is 6.43. The van der Waals surface area contributed by atoms with Crippen molar-refractivity contribution in [3.63, 3.8) is 0 Å². The minimum atomic E-state index is 0.0387. The number of fused-ring (bicyclic) bond motifs is 1. The van der Waals surface area contributed by atoms with Gasteiger partial charge in [0.05, 0.1) is 12.9 Å². The van der Waals surface area contributed by atoms with Crippen molar-refractivity contribution in [3.8, 4) is 0 Å². The van der Waals surface area contributed by atoms with Crippen molar-refractivity contribution in [2.75, 3.05) is 0 Å². The van der Waals surface area contributed by atoms with Gasteiger partial charge in [0.15, 0.2) is 0 Å². The second-order valence-electron chi connectivity index (χ2n) is 2.42. The highest BCUT2D eigenvalue weighted by atomic mass is 16.3. The van der Waals surface area contributed by atoms with Gasteiger partial charge in [-0.15, -0.1) is 0 Å². The zero-order chi connectivity index (χ0) is 7.68. The highest BCUT2D eigenvalue weighted by Crippen LogP contribution is 2.19. The minimum Gasteiger partial charge on any atom is -0.464 e. The Morgan fingerprint density at radius 1 is 1.27 bits per heavy atom. The molecule has 0 spiro atoms. The first-order valence-electron chi connectivity index (χ1n) is 3.48. The van der Waals surface area contributed by atoms with Gasteiger partial charge < -0.3 is 9.52 Å². The standard InChI is InChI=1S/C9H8O2/c10-5-7-6-11-9-4-2-1-3-8(7)9/h1-4,6,10H,5H2. The number of para-hydroxylation sites is 1. The molecule has 0 aliphatic rings. The maximum atomic E-state index is 8.86. The fourth-order valence-electron chi connectivity index (χ4n) is 1.16. The molecule has 0 saturated carbocycles. The van der Waals surface area contributed by atoms with Crippen molar-refractivity contribution in [2.24, 2.45) is 0 Å². The highest BCUT2D eigenvalue weighted by molar-refractivity contribution is 5.80. The van der Waals surface area contributed by atoms with Gasteiger partial charge in [-0.3, -0.25) is 0 Å². The molecular formula is C9H8O2. The van der Waals surface area contributed by atoms with E-state index in [1.54, 1.807) is 6.26 Å². The van der Waals surface area contributed by atoms with E-state index >= 15 is 0 Å². The smallest absolute Gasteiger partial charge is 0.134 e. The van der Waals surface area contributed by atoms with Crippen LogP contribution in [0, 0.1) is 0 Å². The lowest BCUT2D eigenvalue weighted by atomic mass is 10.2. The van der Waals surface area contributed by atoms with E-state index in [0.717, 1.165) is 16.5 Å². The molecule has 2 nitrogen and oxygen atoms in total. The largest absolute Gasteiger partial charge is 0.464 e. The Bertz CT molecular complexity index is 362. The summed E-state index contributed by atoms with van der Waals surface area (Å²) in [6, 6.07) is 7.66. The molecule has 0 atom stereocenters. The number of aliphatic hydroxyl groups is 1. The summed E-state index contributed by atoms with van der Waals surface area (Å²) < 4.78 is 5.18. The van der Waals surface area contributed by atoms with E-state index in [0.29, 0.717) is 0 Å². The zero-order valence-corrected chi connectivity index (χ0v) is 5.95. The zero-order valence-electron chi connectivity index (χ0n) is 5.95. The number of furan rings is 1. The van der Waals surface area contributed by atoms with E-state index in [4.69, 9.17) is 9.52 Å². The number of hydrogen-bond donors (Lipinski definition) is 1. The molecule has 0 radical (unpaired) electrons. The van der Waals surface area contributed by atoms with E-state index in [9.17, 15) is 0 Å². The molecule has 1 aromatic carbocycles. The summed E-state index contributed by atoms with van der Waals surface area (Å²) in [6.45, 7) is 0.0387. The van der Waals surface area contributed by atoms with Gasteiger partial charge in [0, 0.05) is 10.9 Å². The van der Waals surface area contributed by atoms with Crippen molar-refractivity contribution < 1.29 is 9.52 Å². The number of benzene rings is 1. The number of hydrogen-bond acceptors (Lipinski definition) is 2. The van der Waals surface area contributed by atoms with E-state index in [2.05, 4.69) is 0 Å². The SMILES string of the molecule is OCc1coc2ccccc12. The summed E-state index contributed by atoms with van der Waals surface area (Å²) in [4.78, 5) is 0. The third-order valence-electron chi connectivity index (χ3n) is 1.73. The molecule has 56 valence electrons.